The van der Waals surface area contributed by atoms with Crippen LogP contribution in [0.15, 0.2) is 58.1 Å². The standard InChI is InChI=1S/C21H19FN6O4S2/c1-11-3-8-18(33-11)28(32)34-26-20(30)24-12-4-6-13(7-5-12)27-19(29)14-9-15(22)17(23-2)10-16(14)25-21(27)31/h3-10,23,32H,1-2H3,(H,25,31)(H2,24,26,30). The highest BCUT2D eigenvalue weighted by molar-refractivity contribution is 7.99. The molecular formula is C21H19FN6O4S2. The monoisotopic (exact) mass is 502 g/mol. The summed E-state index contributed by atoms with van der Waals surface area (Å²) in [5.41, 5.74) is -0.383. The van der Waals surface area contributed by atoms with Crippen molar-refractivity contribution in [1.82, 2.24) is 14.3 Å². The zero-order chi connectivity index (χ0) is 24.4. The Morgan fingerprint density at radius 2 is 1.91 bits per heavy atom. The SMILES string of the molecule is CNc1cc2[nH]c(=O)n(-c3ccc(NC(=O)NSN(O)c4ccc(C)s4)cc3)c(=O)c2cc1F. The largest absolute Gasteiger partial charge is 0.386 e. The van der Waals surface area contributed by atoms with E-state index in [1.165, 1.54) is 48.7 Å². The highest BCUT2D eigenvalue weighted by Crippen LogP contribution is 2.27. The van der Waals surface area contributed by atoms with E-state index in [2.05, 4.69) is 20.3 Å². The Morgan fingerprint density at radius 1 is 1.18 bits per heavy atom. The van der Waals surface area contributed by atoms with Crippen LogP contribution in [0.4, 0.5) is 25.6 Å². The van der Waals surface area contributed by atoms with Gasteiger partial charge in [-0.3, -0.25) is 14.7 Å². The molecule has 0 unspecified atom stereocenters. The smallest absolute Gasteiger partial charge is 0.333 e. The summed E-state index contributed by atoms with van der Waals surface area (Å²) < 4.78 is 18.3. The molecule has 0 spiro atoms. The fraction of sp³-hybridized carbons (Fsp3) is 0.0952. The molecule has 34 heavy (non-hydrogen) atoms. The zero-order valence-corrected chi connectivity index (χ0v) is 19.5. The lowest BCUT2D eigenvalue weighted by Gasteiger charge is -2.13. The summed E-state index contributed by atoms with van der Waals surface area (Å²) in [4.78, 5) is 41.1. The number of anilines is 3. The molecule has 0 aliphatic carbocycles. The summed E-state index contributed by atoms with van der Waals surface area (Å²) in [6, 6.07) is 11.3. The molecule has 0 radical (unpaired) electrons. The van der Waals surface area contributed by atoms with E-state index in [1.54, 1.807) is 6.07 Å². The van der Waals surface area contributed by atoms with Crippen molar-refractivity contribution in [2.45, 2.75) is 6.92 Å². The van der Waals surface area contributed by atoms with Gasteiger partial charge in [0.2, 0.25) is 0 Å². The predicted molar refractivity (Wildman–Crippen MR) is 133 cm³/mol. The van der Waals surface area contributed by atoms with Crippen molar-refractivity contribution in [1.29, 1.82) is 0 Å². The number of halogens is 1. The van der Waals surface area contributed by atoms with Crippen molar-refractivity contribution in [3.63, 3.8) is 0 Å². The van der Waals surface area contributed by atoms with E-state index < -0.39 is 23.1 Å². The first-order valence-electron chi connectivity index (χ1n) is 9.83. The van der Waals surface area contributed by atoms with Gasteiger partial charge in [-0.2, -0.15) is 4.47 Å². The Bertz CT molecular complexity index is 1480. The van der Waals surface area contributed by atoms with Gasteiger partial charge in [-0.25, -0.2) is 18.5 Å². The molecule has 2 aromatic heterocycles. The van der Waals surface area contributed by atoms with Gasteiger partial charge in [-0.05, 0) is 55.5 Å². The molecule has 0 fully saturated rings. The minimum Gasteiger partial charge on any atom is -0.386 e. The Morgan fingerprint density at radius 3 is 2.56 bits per heavy atom. The molecule has 4 aromatic rings. The Kier molecular flexibility index (Phi) is 6.58. The number of carbonyl (C=O) groups excluding carboxylic acids is 1. The van der Waals surface area contributed by atoms with Gasteiger partial charge >= 0.3 is 11.7 Å². The molecule has 2 amide bonds. The molecule has 0 saturated heterocycles. The van der Waals surface area contributed by atoms with E-state index in [9.17, 15) is 24.0 Å². The number of H-pyrrole nitrogens is 1. The van der Waals surface area contributed by atoms with Crippen LogP contribution >= 0.6 is 23.5 Å². The van der Waals surface area contributed by atoms with Crippen LogP contribution in [0.1, 0.15) is 4.88 Å². The third kappa shape index (κ3) is 4.76. The molecule has 176 valence electrons. The number of fused-ring (bicyclic) bond motifs is 1. The minimum atomic E-state index is -0.687. The maximum atomic E-state index is 14.2. The second kappa shape index (κ2) is 9.59. The summed E-state index contributed by atoms with van der Waals surface area (Å²) in [5.74, 6) is -0.621. The van der Waals surface area contributed by atoms with Gasteiger partial charge in [0.05, 0.1) is 34.4 Å². The molecule has 4 rings (SSSR count). The van der Waals surface area contributed by atoms with Crippen LogP contribution in [0.25, 0.3) is 16.6 Å². The number of nitrogens with zero attached hydrogens (tertiary/aromatic N) is 2. The highest BCUT2D eigenvalue weighted by atomic mass is 32.2. The number of hydrogen-bond acceptors (Lipinski definition) is 8. The van der Waals surface area contributed by atoms with E-state index >= 15 is 0 Å². The normalized spacial score (nSPS) is 10.8. The number of benzene rings is 2. The van der Waals surface area contributed by atoms with Crippen molar-refractivity contribution >= 4 is 56.8 Å². The van der Waals surface area contributed by atoms with E-state index in [0.717, 1.165) is 20.0 Å². The number of aromatic nitrogens is 2. The predicted octanol–water partition coefficient (Wildman–Crippen LogP) is 3.81. The van der Waals surface area contributed by atoms with Crippen molar-refractivity contribution in [3.05, 3.63) is 80.1 Å². The lowest BCUT2D eigenvalue weighted by molar-refractivity contribution is 0.256. The third-order valence-corrected chi connectivity index (χ3v) is 6.52. The first-order chi connectivity index (χ1) is 16.3. The van der Waals surface area contributed by atoms with E-state index in [-0.39, 0.29) is 22.3 Å². The summed E-state index contributed by atoms with van der Waals surface area (Å²) in [5, 5.41) is 15.8. The van der Waals surface area contributed by atoms with Crippen molar-refractivity contribution in [3.8, 4) is 5.69 Å². The molecular weight excluding hydrogens is 483 g/mol. The Labute approximate surface area is 200 Å². The summed E-state index contributed by atoms with van der Waals surface area (Å²) in [7, 11) is 1.53. The zero-order valence-electron chi connectivity index (χ0n) is 17.9. The van der Waals surface area contributed by atoms with Crippen LogP contribution in [0.3, 0.4) is 0 Å². The highest BCUT2D eigenvalue weighted by Gasteiger charge is 2.14. The van der Waals surface area contributed by atoms with Crippen LogP contribution in [0.5, 0.6) is 0 Å². The number of rotatable bonds is 6. The number of aromatic amines is 1. The quantitative estimate of drug-likeness (QED) is 0.200. The van der Waals surface area contributed by atoms with Crippen LogP contribution < -0.4 is 31.1 Å². The fourth-order valence-electron chi connectivity index (χ4n) is 3.17. The number of carbonyl (C=O) groups is 1. The van der Waals surface area contributed by atoms with Crippen LogP contribution in [0, 0.1) is 12.7 Å². The molecule has 5 N–H and O–H groups in total. The number of urea groups is 1. The van der Waals surface area contributed by atoms with E-state index in [4.69, 9.17) is 0 Å². The molecule has 0 saturated carbocycles. The molecule has 0 aliphatic rings. The molecule has 0 bridgehead atoms. The number of aryl methyl sites for hydroxylation is 1. The second-order valence-electron chi connectivity index (χ2n) is 7.05. The lowest BCUT2D eigenvalue weighted by Crippen LogP contribution is -2.33. The topological polar surface area (TPSA) is 131 Å². The van der Waals surface area contributed by atoms with Gasteiger partial charge in [-0.1, -0.05) is 0 Å². The first kappa shape index (κ1) is 23.4. The van der Waals surface area contributed by atoms with E-state index in [1.807, 2.05) is 13.0 Å². The molecule has 13 heteroatoms. The van der Waals surface area contributed by atoms with Gasteiger partial charge in [0.25, 0.3) is 5.56 Å². The molecule has 2 aromatic carbocycles. The maximum Gasteiger partial charge on any atom is 0.333 e. The second-order valence-corrected chi connectivity index (χ2v) is 9.05. The van der Waals surface area contributed by atoms with Gasteiger partial charge in [0.15, 0.2) is 0 Å². The summed E-state index contributed by atoms with van der Waals surface area (Å²) >= 11 is 2.05. The summed E-state index contributed by atoms with van der Waals surface area (Å²) in [6.45, 7) is 1.90. The Hall–Kier alpha value is -3.81. The molecule has 10 nitrogen and oxygen atoms in total. The molecule has 0 aliphatic heterocycles. The fourth-order valence-corrected chi connectivity index (χ4v) is 4.44. The van der Waals surface area contributed by atoms with Gasteiger partial charge < -0.3 is 15.6 Å². The van der Waals surface area contributed by atoms with Gasteiger partial charge in [-0.15, -0.1) is 11.3 Å². The summed E-state index contributed by atoms with van der Waals surface area (Å²) in [6.07, 6.45) is 0. The van der Waals surface area contributed by atoms with Gasteiger partial charge in [0, 0.05) is 17.6 Å². The third-order valence-electron chi connectivity index (χ3n) is 4.78. The average molecular weight is 503 g/mol. The molecule has 0 atom stereocenters. The average Bonchev–Trinajstić information content (AvgIpc) is 3.25. The van der Waals surface area contributed by atoms with Crippen LogP contribution in [0.2, 0.25) is 0 Å². The number of amides is 2. The minimum absolute atomic E-state index is 0.0178. The van der Waals surface area contributed by atoms with E-state index in [0.29, 0.717) is 22.8 Å². The number of hydrogen-bond donors (Lipinski definition) is 5. The van der Waals surface area contributed by atoms with Crippen molar-refractivity contribution < 1.29 is 14.4 Å². The van der Waals surface area contributed by atoms with Crippen LogP contribution in [-0.2, 0) is 0 Å². The van der Waals surface area contributed by atoms with Crippen molar-refractivity contribution in [2.24, 2.45) is 0 Å². The maximum absolute atomic E-state index is 14.2. The lowest BCUT2D eigenvalue weighted by atomic mass is 10.2. The Balaban J connectivity index is 1.49. The van der Waals surface area contributed by atoms with Crippen LogP contribution in [-0.4, -0.2) is 27.8 Å². The first-order valence-corrected chi connectivity index (χ1v) is 11.4. The number of thiophene rings is 1. The van der Waals surface area contributed by atoms with Gasteiger partial charge in [0.1, 0.15) is 10.8 Å². The molecule has 2 heterocycles. The number of nitrogens with one attached hydrogen (secondary N) is 4. The van der Waals surface area contributed by atoms with Crippen molar-refractivity contribution in [2.75, 3.05) is 22.1 Å².